The summed E-state index contributed by atoms with van der Waals surface area (Å²) >= 11 is 0. The SMILES string of the molecule is CCOC(=O)[C@@H]1C(=O)NC(N2CCN(Cc3ccc4c(c3)OCO4)CC2)=N[C@H]1c1cc(OC)c(OC)c(OC)c1. The highest BCUT2D eigenvalue weighted by Gasteiger charge is 2.43. The van der Waals surface area contributed by atoms with Gasteiger partial charge in [-0.2, -0.15) is 0 Å². The number of aliphatic imine (C=N–C) groups is 1. The number of carbonyl (C=O) groups is 2. The molecule has 0 bridgehead atoms. The van der Waals surface area contributed by atoms with Crippen molar-refractivity contribution in [2.75, 3.05) is 60.9 Å². The van der Waals surface area contributed by atoms with E-state index in [2.05, 4.69) is 10.2 Å². The van der Waals surface area contributed by atoms with Gasteiger partial charge in [0.15, 0.2) is 28.9 Å². The second kappa shape index (κ2) is 11.9. The number of amides is 1. The Hall–Kier alpha value is -4.19. The van der Waals surface area contributed by atoms with Gasteiger partial charge in [0.25, 0.3) is 0 Å². The highest BCUT2D eigenvalue weighted by molar-refractivity contribution is 6.08. The summed E-state index contributed by atoms with van der Waals surface area (Å²) in [6, 6.07) is 8.56. The number of ether oxygens (including phenoxy) is 6. The standard InChI is InChI=1S/C28H34N4O8/c1-5-38-27(34)23-24(18-13-21(35-2)25(37-4)22(14-18)36-3)29-28(30-26(23)33)32-10-8-31(9-11-32)15-17-6-7-19-20(12-17)40-16-39-19/h6-7,12-14,23-24H,5,8-11,15-16H2,1-4H3,(H,29,30,33)/t23-,24-/m0/s1. The van der Waals surface area contributed by atoms with E-state index < -0.39 is 23.8 Å². The summed E-state index contributed by atoms with van der Waals surface area (Å²) in [7, 11) is 4.53. The van der Waals surface area contributed by atoms with E-state index in [0.717, 1.165) is 36.7 Å². The van der Waals surface area contributed by atoms with Crippen LogP contribution in [0.15, 0.2) is 35.3 Å². The van der Waals surface area contributed by atoms with E-state index in [9.17, 15) is 9.59 Å². The maximum Gasteiger partial charge on any atom is 0.321 e. The number of nitrogens with one attached hydrogen (secondary N) is 1. The van der Waals surface area contributed by atoms with Crippen molar-refractivity contribution in [2.24, 2.45) is 10.9 Å². The topological polar surface area (TPSA) is 120 Å². The number of benzene rings is 2. The van der Waals surface area contributed by atoms with Crippen LogP contribution in [0.4, 0.5) is 0 Å². The Balaban J connectivity index is 1.37. The van der Waals surface area contributed by atoms with Crippen LogP contribution < -0.4 is 29.0 Å². The molecule has 2 aromatic carbocycles. The van der Waals surface area contributed by atoms with Crippen LogP contribution in [0, 0.1) is 5.92 Å². The second-order valence-electron chi connectivity index (χ2n) is 9.53. The third-order valence-electron chi connectivity index (χ3n) is 7.18. The maximum atomic E-state index is 13.3. The van der Waals surface area contributed by atoms with Crippen molar-refractivity contribution in [3.05, 3.63) is 41.5 Å². The van der Waals surface area contributed by atoms with Gasteiger partial charge in [-0.15, -0.1) is 0 Å². The van der Waals surface area contributed by atoms with E-state index >= 15 is 0 Å². The molecule has 3 aliphatic rings. The largest absolute Gasteiger partial charge is 0.493 e. The van der Waals surface area contributed by atoms with Crippen molar-refractivity contribution < 1.29 is 38.0 Å². The quantitative estimate of drug-likeness (QED) is 0.383. The number of hydrogen-bond acceptors (Lipinski definition) is 11. The lowest BCUT2D eigenvalue weighted by Crippen LogP contribution is -2.57. The fourth-order valence-electron chi connectivity index (χ4n) is 5.15. The normalized spacial score (nSPS) is 20.4. The Labute approximate surface area is 232 Å². The summed E-state index contributed by atoms with van der Waals surface area (Å²) in [6.07, 6.45) is 0. The third kappa shape index (κ3) is 5.44. The molecule has 5 rings (SSSR count). The molecule has 0 aromatic heterocycles. The van der Waals surface area contributed by atoms with Crippen LogP contribution in [0.1, 0.15) is 24.1 Å². The van der Waals surface area contributed by atoms with Crippen LogP contribution in [0.2, 0.25) is 0 Å². The van der Waals surface area contributed by atoms with Gasteiger partial charge in [-0.3, -0.25) is 19.8 Å². The Bertz CT molecular complexity index is 1270. The number of nitrogens with zero attached hydrogens (tertiary/aromatic N) is 3. The van der Waals surface area contributed by atoms with Crippen molar-refractivity contribution in [1.29, 1.82) is 0 Å². The summed E-state index contributed by atoms with van der Waals surface area (Å²) in [4.78, 5) is 35.5. The molecule has 2 atom stereocenters. The number of fused-ring (bicyclic) bond motifs is 1. The van der Waals surface area contributed by atoms with Crippen LogP contribution >= 0.6 is 0 Å². The lowest BCUT2D eigenvalue weighted by molar-refractivity contribution is -0.153. The van der Waals surface area contributed by atoms with Crippen molar-refractivity contribution in [2.45, 2.75) is 19.5 Å². The Kier molecular flexibility index (Phi) is 8.15. The van der Waals surface area contributed by atoms with E-state index in [1.54, 1.807) is 19.1 Å². The summed E-state index contributed by atoms with van der Waals surface area (Å²) < 4.78 is 32.6. The first-order valence-electron chi connectivity index (χ1n) is 13.2. The zero-order chi connectivity index (χ0) is 28.2. The molecule has 2 aromatic rings. The summed E-state index contributed by atoms with van der Waals surface area (Å²) in [5.41, 5.74) is 1.71. The lowest BCUT2D eigenvalue weighted by atomic mass is 9.90. The minimum atomic E-state index is -1.17. The fourth-order valence-corrected chi connectivity index (χ4v) is 5.15. The van der Waals surface area contributed by atoms with Gasteiger partial charge in [-0.05, 0) is 42.3 Å². The third-order valence-corrected chi connectivity index (χ3v) is 7.18. The zero-order valence-electron chi connectivity index (χ0n) is 23.1. The molecule has 12 nitrogen and oxygen atoms in total. The van der Waals surface area contributed by atoms with Crippen molar-refractivity contribution in [3.63, 3.8) is 0 Å². The van der Waals surface area contributed by atoms with Gasteiger partial charge in [0, 0.05) is 32.7 Å². The minimum absolute atomic E-state index is 0.145. The first-order valence-corrected chi connectivity index (χ1v) is 13.2. The van der Waals surface area contributed by atoms with E-state index in [1.165, 1.54) is 21.3 Å². The Morgan fingerprint density at radius 2 is 1.70 bits per heavy atom. The maximum absolute atomic E-state index is 13.3. The molecule has 214 valence electrons. The summed E-state index contributed by atoms with van der Waals surface area (Å²) in [6.45, 7) is 5.68. The average Bonchev–Trinajstić information content (AvgIpc) is 3.44. The van der Waals surface area contributed by atoms with E-state index in [0.29, 0.717) is 41.9 Å². The predicted molar refractivity (Wildman–Crippen MR) is 144 cm³/mol. The lowest BCUT2D eigenvalue weighted by Gasteiger charge is -2.39. The molecule has 3 heterocycles. The van der Waals surface area contributed by atoms with Crippen molar-refractivity contribution >= 4 is 17.8 Å². The van der Waals surface area contributed by atoms with Crippen molar-refractivity contribution in [3.8, 4) is 28.7 Å². The number of methoxy groups -OCH3 is 3. The first kappa shape index (κ1) is 27.4. The molecule has 12 heteroatoms. The molecule has 0 aliphatic carbocycles. The van der Waals surface area contributed by atoms with E-state index in [-0.39, 0.29) is 13.4 Å². The summed E-state index contributed by atoms with van der Waals surface area (Å²) in [5, 5.41) is 2.85. The number of piperazine rings is 1. The molecule has 0 saturated carbocycles. The van der Waals surface area contributed by atoms with Gasteiger partial charge in [-0.1, -0.05) is 6.07 Å². The van der Waals surface area contributed by atoms with E-state index in [1.807, 2.05) is 23.1 Å². The number of guanidine groups is 1. The molecule has 0 unspecified atom stereocenters. The fraction of sp³-hybridized carbons (Fsp3) is 0.464. The molecule has 3 aliphatic heterocycles. The second-order valence-corrected chi connectivity index (χ2v) is 9.53. The smallest absolute Gasteiger partial charge is 0.321 e. The van der Waals surface area contributed by atoms with E-state index in [4.69, 9.17) is 33.4 Å². The Morgan fingerprint density at radius 1 is 1.00 bits per heavy atom. The summed E-state index contributed by atoms with van der Waals surface area (Å²) in [5.74, 6) is 0.890. The number of hydrogen-bond donors (Lipinski definition) is 1. The molecule has 1 fully saturated rings. The first-order chi connectivity index (χ1) is 19.4. The van der Waals surface area contributed by atoms with Crippen molar-refractivity contribution in [1.82, 2.24) is 15.1 Å². The number of carbonyl (C=O) groups excluding carboxylic acids is 2. The highest BCUT2D eigenvalue weighted by Crippen LogP contribution is 2.42. The zero-order valence-corrected chi connectivity index (χ0v) is 23.1. The Morgan fingerprint density at radius 3 is 2.35 bits per heavy atom. The average molecular weight is 555 g/mol. The van der Waals surface area contributed by atoms with Gasteiger partial charge in [0.1, 0.15) is 6.04 Å². The molecule has 1 amide bonds. The monoisotopic (exact) mass is 554 g/mol. The van der Waals surface area contributed by atoms with Gasteiger partial charge in [0.05, 0.1) is 27.9 Å². The molecular formula is C28H34N4O8. The number of rotatable bonds is 8. The molecule has 0 radical (unpaired) electrons. The van der Waals surface area contributed by atoms with Crippen LogP contribution in [-0.2, 0) is 20.9 Å². The van der Waals surface area contributed by atoms with Crippen LogP contribution in [-0.4, -0.2) is 88.5 Å². The molecule has 0 spiro atoms. The molecule has 1 N–H and O–H groups in total. The van der Waals surface area contributed by atoms with Gasteiger partial charge in [-0.25, -0.2) is 4.99 Å². The van der Waals surface area contributed by atoms with Crippen LogP contribution in [0.5, 0.6) is 28.7 Å². The molecule has 1 saturated heterocycles. The van der Waals surface area contributed by atoms with Crippen LogP contribution in [0.3, 0.4) is 0 Å². The predicted octanol–water partition coefficient (Wildman–Crippen LogP) is 1.97. The highest BCUT2D eigenvalue weighted by atomic mass is 16.7. The van der Waals surface area contributed by atoms with Gasteiger partial charge in [0.2, 0.25) is 24.4 Å². The minimum Gasteiger partial charge on any atom is -0.493 e. The van der Waals surface area contributed by atoms with Gasteiger partial charge < -0.3 is 33.3 Å². The number of esters is 1. The molecule has 40 heavy (non-hydrogen) atoms. The van der Waals surface area contributed by atoms with Gasteiger partial charge >= 0.3 is 5.97 Å². The molecular weight excluding hydrogens is 520 g/mol. The van der Waals surface area contributed by atoms with Crippen LogP contribution in [0.25, 0.3) is 0 Å².